The number of para-hydroxylation sites is 1. The number of amides is 2. The maximum Gasteiger partial charge on any atom is 0.257 e. The fraction of sp³-hybridized carbons (Fsp3) is 0.652. The van der Waals surface area contributed by atoms with Crippen LogP contribution in [-0.4, -0.2) is 78.9 Å². The Hall–Kier alpha value is -2.08. The summed E-state index contributed by atoms with van der Waals surface area (Å²) >= 11 is 0. The third-order valence-electron chi connectivity index (χ3n) is 6.83. The van der Waals surface area contributed by atoms with Gasteiger partial charge in [0.15, 0.2) is 0 Å². The molecular weight excluding hydrogens is 366 g/mol. The largest absolute Gasteiger partial charge is 0.496 e. The average Bonchev–Trinajstić information content (AvgIpc) is 3.33. The van der Waals surface area contributed by atoms with Crippen molar-refractivity contribution in [1.29, 1.82) is 0 Å². The van der Waals surface area contributed by atoms with Crippen LogP contribution in [0.1, 0.15) is 48.9 Å². The van der Waals surface area contributed by atoms with E-state index in [1.807, 2.05) is 29.2 Å². The Morgan fingerprint density at radius 1 is 0.897 bits per heavy atom. The van der Waals surface area contributed by atoms with Crippen molar-refractivity contribution in [3.05, 3.63) is 29.8 Å². The van der Waals surface area contributed by atoms with E-state index in [9.17, 15) is 9.59 Å². The topological polar surface area (TPSA) is 53.1 Å². The minimum Gasteiger partial charge on any atom is -0.496 e. The molecule has 6 nitrogen and oxygen atoms in total. The highest BCUT2D eigenvalue weighted by Crippen LogP contribution is 2.27. The zero-order valence-corrected chi connectivity index (χ0v) is 17.5. The summed E-state index contributed by atoms with van der Waals surface area (Å²) in [6.07, 6.45) is 6.39. The van der Waals surface area contributed by atoms with E-state index in [-0.39, 0.29) is 11.8 Å². The van der Waals surface area contributed by atoms with Gasteiger partial charge in [-0.2, -0.15) is 0 Å². The van der Waals surface area contributed by atoms with Crippen LogP contribution in [0.5, 0.6) is 5.75 Å². The molecule has 2 amide bonds. The Labute approximate surface area is 173 Å². The lowest BCUT2D eigenvalue weighted by molar-refractivity contribution is -0.136. The van der Waals surface area contributed by atoms with Crippen LogP contribution in [0.3, 0.4) is 0 Å². The molecule has 3 saturated heterocycles. The fourth-order valence-electron chi connectivity index (χ4n) is 5.16. The molecule has 1 atom stereocenters. The second kappa shape index (κ2) is 9.16. The second-order valence-corrected chi connectivity index (χ2v) is 8.59. The van der Waals surface area contributed by atoms with Crippen LogP contribution in [0.25, 0.3) is 0 Å². The second-order valence-electron chi connectivity index (χ2n) is 8.59. The van der Waals surface area contributed by atoms with Gasteiger partial charge in [0, 0.05) is 38.8 Å². The van der Waals surface area contributed by atoms with Crippen LogP contribution in [0.15, 0.2) is 24.3 Å². The zero-order chi connectivity index (χ0) is 20.2. The van der Waals surface area contributed by atoms with E-state index in [1.165, 1.54) is 0 Å². The van der Waals surface area contributed by atoms with Crippen molar-refractivity contribution in [3.8, 4) is 5.75 Å². The summed E-state index contributed by atoms with van der Waals surface area (Å²) < 4.78 is 5.36. The van der Waals surface area contributed by atoms with Crippen LogP contribution in [0.4, 0.5) is 0 Å². The number of hydrogen-bond donors (Lipinski definition) is 0. The first-order valence-electron chi connectivity index (χ1n) is 11.1. The van der Waals surface area contributed by atoms with Crippen molar-refractivity contribution in [2.45, 2.75) is 44.6 Å². The number of carbonyl (C=O) groups is 2. The first-order chi connectivity index (χ1) is 14.2. The van der Waals surface area contributed by atoms with Crippen LogP contribution in [0, 0.1) is 5.92 Å². The predicted molar refractivity (Wildman–Crippen MR) is 112 cm³/mol. The van der Waals surface area contributed by atoms with Gasteiger partial charge in [-0.25, -0.2) is 0 Å². The SMILES string of the molecule is COc1ccccc1C(=O)N1CCC(N2CCCC(C(=O)N3CCCC3)C2)CC1. The standard InChI is InChI=1S/C23H33N3O3/c1-29-21-9-3-2-8-20(21)23(28)25-15-10-19(11-16-25)26-14-6-7-18(17-26)22(27)24-12-4-5-13-24/h2-3,8-9,18-19H,4-7,10-17H2,1H3. The first kappa shape index (κ1) is 20.2. The molecule has 3 heterocycles. The summed E-state index contributed by atoms with van der Waals surface area (Å²) in [7, 11) is 1.61. The molecule has 1 aromatic carbocycles. The van der Waals surface area contributed by atoms with E-state index < -0.39 is 0 Å². The minimum atomic E-state index is 0.0571. The van der Waals surface area contributed by atoms with Crippen LogP contribution in [0.2, 0.25) is 0 Å². The van der Waals surface area contributed by atoms with Gasteiger partial charge in [0.05, 0.1) is 18.6 Å². The Morgan fingerprint density at radius 2 is 1.62 bits per heavy atom. The van der Waals surface area contributed by atoms with Gasteiger partial charge >= 0.3 is 0 Å². The molecule has 0 aliphatic carbocycles. The third kappa shape index (κ3) is 4.42. The highest BCUT2D eigenvalue weighted by molar-refractivity contribution is 5.97. The van der Waals surface area contributed by atoms with Crippen molar-refractivity contribution >= 4 is 11.8 Å². The number of ether oxygens (including phenoxy) is 1. The quantitative estimate of drug-likeness (QED) is 0.781. The van der Waals surface area contributed by atoms with Crippen LogP contribution >= 0.6 is 0 Å². The summed E-state index contributed by atoms with van der Waals surface area (Å²) in [5.74, 6) is 1.23. The molecule has 3 aliphatic heterocycles. The van der Waals surface area contributed by atoms with E-state index in [0.29, 0.717) is 23.3 Å². The zero-order valence-electron chi connectivity index (χ0n) is 17.5. The predicted octanol–water partition coefficient (Wildman–Crippen LogP) is 2.63. The monoisotopic (exact) mass is 399 g/mol. The molecule has 0 saturated carbocycles. The van der Waals surface area contributed by atoms with Gasteiger partial charge in [0.25, 0.3) is 5.91 Å². The van der Waals surface area contributed by atoms with Gasteiger partial charge in [-0.3, -0.25) is 14.5 Å². The molecule has 29 heavy (non-hydrogen) atoms. The Balaban J connectivity index is 1.32. The smallest absolute Gasteiger partial charge is 0.257 e. The molecular formula is C23H33N3O3. The van der Waals surface area contributed by atoms with Crippen LogP contribution < -0.4 is 4.74 Å². The van der Waals surface area contributed by atoms with Crippen molar-refractivity contribution in [3.63, 3.8) is 0 Å². The van der Waals surface area contributed by atoms with E-state index in [2.05, 4.69) is 9.80 Å². The molecule has 4 rings (SSSR count). The average molecular weight is 400 g/mol. The Kier molecular flexibility index (Phi) is 6.38. The lowest BCUT2D eigenvalue weighted by Crippen LogP contribution is -2.51. The van der Waals surface area contributed by atoms with Gasteiger partial charge in [-0.15, -0.1) is 0 Å². The van der Waals surface area contributed by atoms with E-state index >= 15 is 0 Å². The minimum absolute atomic E-state index is 0.0571. The van der Waals surface area contributed by atoms with Crippen molar-refractivity contribution in [2.24, 2.45) is 5.92 Å². The third-order valence-corrected chi connectivity index (χ3v) is 6.83. The van der Waals surface area contributed by atoms with Gasteiger partial charge in [-0.05, 0) is 57.2 Å². The molecule has 3 fully saturated rings. The summed E-state index contributed by atoms with van der Waals surface area (Å²) in [6.45, 7) is 5.39. The number of piperidine rings is 2. The van der Waals surface area contributed by atoms with Gasteiger partial charge in [-0.1, -0.05) is 12.1 Å². The van der Waals surface area contributed by atoms with Gasteiger partial charge < -0.3 is 14.5 Å². The van der Waals surface area contributed by atoms with Crippen molar-refractivity contribution in [1.82, 2.24) is 14.7 Å². The number of hydrogen-bond acceptors (Lipinski definition) is 4. The molecule has 0 spiro atoms. The molecule has 0 bridgehead atoms. The number of methoxy groups -OCH3 is 1. The normalized spacial score (nSPS) is 24.0. The van der Waals surface area contributed by atoms with Crippen molar-refractivity contribution in [2.75, 3.05) is 46.4 Å². The number of benzene rings is 1. The lowest BCUT2D eigenvalue weighted by Gasteiger charge is -2.42. The molecule has 0 aromatic heterocycles. The van der Waals surface area contributed by atoms with E-state index in [1.54, 1.807) is 7.11 Å². The summed E-state index contributed by atoms with van der Waals surface area (Å²) in [5.41, 5.74) is 0.641. The molecule has 0 N–H and O–H groups in total. The summed E-state index contributed by atoms with van der Waals surface area (Å²) in [6, 6.07) is 7.93. The highest BCUT2D eigenvalue weighted by Gasteiger charge is 2.35. The highest BCUT2D eigenvalue weighted by atomic mass is 16.5. The van der Waals surface area contributed by atoms with Crippen LogP contribution in [-0.2, 0) is 4.79 Å². The maximum atomic E-state index is 12.9. The number of nitrogens with zero attached hydrogens (tertiary/aromatic N) is 3. The molecule has 1 aromatic rings. The van der Waals surface area contributed by atoms with E-state index in [4.69, 9.17) is 4.74 Å². The van der Waals surface area contributed by atoms with Gasteiger partial charge in [0.1, 0.15) is 5.75 Å². The maximum absolute atomic E-state index is 12.9. The number of likely N-dealkylation sites (tertiary alicyclic amines) is 3. The Bertz CT molecular complexity index is 724. The molecule has 3 aliphatic rings. The summed E-state index contributed by atoms with van der Waals surface area (Å²) in [4.78, 5) is 32.3. The van der Waals surface area contributed by atoms with Crippen molar-refractivity contribution < 1.29 is 14.3 Å². The van der Waals surface area contributed by atoms with E-state index in [0.717, 1.165) is 77.8 Å². The lowest BCUT2D eigenvalue weighted by atomic mass is 9.92. The van der Waals surface area contributed by atoms with Gasteiger partial charge in [0.2, 0.25) is 5.91 Å². The molecule has 6 heteroatoms. The molecule has 0 radical (unpaired) electrons. The molecule has 158 valence electrons. The first-order valence-corrected chi connectivity index (χ1v) is 11.1. The Morgan fingerprint density at radius 3 is 2.34 bits per heavy atom. The number of rotatable bonds is 4. The fourth-order valence-corrected chi connectivity index (χ4v) is 5.16. The summed E-state index contributed by atoms with van der Waals surface area (Å²) in [5, 5.41) is 0. The molecule has 1 unspecified atom stereocenters. The number of carbonyl (C=O) groups excluding carboxylic acids is 2.